The highest BCUT2D eigenvalue weighted by atomic mass is 15.1. The minimum Gasteiger partial charge on any atom is -0.309 e. The normalized spacial score (nSPS) is 15.5. The molecule has 0 aliphatic heterocycles. The van der Waals surface area contributed by atoms with Crippen LogP contribution in [-0.2, 0) is 10.8 Å². The zero-order valence-electron chi connectivity index (χ0n) is 33.4. The molecule has 0 heterocycles. The lowest BCUT2D eigenvalue weighted by Crippen LogP contribution is -2.26. The summed E-state index contributed by atoms with van der Waals surface area (Å²) in [5, 5.41) is 0. The molecule has 0 atom stereocenters. The Morgan fingerprint density at radius 2 is 0.966 bits per heavy atom. The van der Waals surface area contributed by atoms with Gasteiger partial charge >= 0.3 is 0 Å². The summed E-state index contributed by atoms with van der Waals surface area (Å²) in [6.07, 6.45) is 9.14. The Labute approximate surface area is 347 Å². The minimum absolute atomic E-state index is 0.213. The van der Waals surface area contributed by atoms with E-state index in [1.165, 1.54) is 100 Å². The Kier molecular flexibility index (Phi) is 7.38. The van der Waals surface area contributed by atoms with E-state index in [1.54, 1.807) is 0 Å². The molecule has 0 saturated carbocycles. The molecular weight excluding hydrogens is 711 g/mol. The summed E-state index contributed by atoms with van der Waals surface area (Å²) in [6.45, 7) is 4.82. The van der Waals surface area contributed by atoms with Gasteiger partial charge in [0.05, 0.1) is 16.8 Å². The fourth-order valence-corrected chi connectivity index (χ4v) is 11.3. The molecule has 4 aliphatic rings. The summed E-state index contributed by atoms with van der Waals surface area (Å²) < 4.78 is 0. The maximum atomic E-state index is 2.59. The van der Waals surface area contributed by atoms with Crippen molar-refractivity contribution >= 4 is 22.6 Å². The Balaban J connectivity index is 1.18. The molecular formula is C58H43N. The van der Waals surface area contributed by atoms with Gasteiger partial charge in [0.2, 0.25) is 0 Å². The first-order chi connectivity index (χ1) is 29.1. The lowest BCUT2D eigenvalue weighted by Gasteiger charge is -2.33. The van der Waals surface area contributed by atoms with Gasteiger partial charge in [-0.15, -0.1) is 0 Å². The number of hydrogen-bond donors (Lipinski definition) is 0. The van der Waals surface area contributed by atoms with Gasteiger partial charge in [0, 0.05) is 22.2 Å². The number of nitrogens with zero attached hydrogens (tertiary/aromatic N) is 1. The van der Waals surface area contributed by atoms with Crippen molar-refractivity contribution in [3.05, 3.63) is 239 Å². The van der Waals surface area contributed by atoms with Crippen LogP contribution >= 0.6 is 0 Å². The van der Waals surface area contributed by atoms with Gasteiger partial charge in [0.15, 0.2) is 0 Å². The summed E-state index contributed by atoms with van der Waals surface area (Å²) >= 11 is 0. The Morgan fingerprint density at radius 3 is 1.63 bits per heavy atom. The van der Waals surface area contributed by atoms with E-state index < -0.39 is 5.41 Å². The first kappa shape index (κ1) is 34.1. The predicted octanol–water partition coefficient (Wildman–Crippen LogP) is 15.2. The SMILES string of the molecule is CC1(C)c2ccccc2-c2c(N(c3ccc(C4=CCCC=C4)cc3)c3cccc4c3-c3ccccc3C43c4ccccc4-c4ccccc43)ccc(-c3ccccc3)c21. The average Bonchev–Trinajstić information content (AvgIpc) is 3.87. The van der Waals surface area contributed by atoms with Crippen LogP contribution in [-0.4, -0.2) is 0 Å². The molecule has 0 unspecified atom stereocenters. The molecule has 8 aromatic rings. The van der Waals surface area contributed by atoms with Gasteiger partial charge in [-0.1, -0.05) is 190 Å². The van der Waals surface area contributed by atoms with Crippen LogP contribution < -0.4 is 4.90 Å². The molecule has 12 rings (SSSR count). The van der Waals surface area contributed by atoms with Crippen LogP contribution in [0, 0.1) is 0 Å². The van der Waals surface area contributed by atoms with Gasteiger partial charge in [0.1, 0.15) is 0 Å². The second-order valence-electron chi connectivity index (χ2n) is 17.0. The number of allylic oxidation sites excluding steroid dienone is 4. The van der Waals surface area contributed by atoms with Crippen molar-refractivity contribution in [3.63, 3.8) is 0 Å². The predicted molar refractivity (Wildman–Crippen MR) is 247 cm³/mol. The van der Waals surface area contributed by atoms with E-state index in [0.717, 1.165) is 18.5 Å². The quantitative estimate of drug-likeness (QED) is 0.169. The third kappa shape index (κ3) is 4.67. The maximum Gasteiger partial charge on any atom is 0.0726 e. The lowest BCUT2D eigenvalue weighted by molar-refractivity contribution is 0.662. The van der Waals surface area contributed by atoms with Gasteiger partial charge in [-0.05, 0) is 115 Å². The highest BCUT2D eigenvalue weighted by Crippen LogP contribution is 2.65. The van der Waals surface area contributed by atoms with Crippen molar-refractivity contribution in [1.82, 2.24) is 0 Å². The molecule has 0 aromatic heterocycles. The molecule has 0 N–H and O–H groups in total. The van der Waals surface area contributed by atoms with E-state index in [9.17, 15) is 0 Å². The fraction of sp³-hybridized carbons (Fsp3) is 0.103. The molecule has 0 fully saturated rings. The molecule has 0 radical (unpaired) electrons. The van der Waals surface area contributed by atoms with Gasteiger partial charge in [-0.25, -0.2) is 0 Å². The highest BCUT2D eigenvalue weighted by Gasteiger charge is 2.52. The summed E-state index contributed by atoms with van der Waals surface area (Å²) in [5.74, 6) is 0. The zero-order chi connectivity index (χ0) is 39.3. The van der Waals surface area contributed by atoms with Crippen LogP contribution in [0.15, 0.2) is 200 Å². The molecule has 280 valence electrons. The van der Waals surface area contributed by atoms with Gasteiger partial charge < -0.3 is 4.90 Å². The van der Waals surface area contributed by atoms with E-state index in [0.29, 0.717) is 0 Å². The Bertz CT molecular complexity index is 3020. The molecule has 1 heteroatoms. The maximum absolute atomic E-state index is 2.59. The fourth-order valence-electron chi connectivity index (χ4n) is 11.3. The molecule has 0 saturated heterocycles. The van der Waals surface area contributed by atoms with Crippen LogP contribution in [0.1, 0.15) is 65.6 Å². The minimum atomic E-state index is -0.432. The van der Waals surface area contributed by atoms with Gasteiger partial charge in [-0.2, -0.15) is 0 Å². The van der Waals surface area contributed by atoms with E-state index in [4.69, 9.17) is 0 Å². The van der Waals surface area contributed by atoms with Crippen molar-refractivity contribution in [3.8, 4) is 44.5 Å². The number of rotatable bonds is 5. The zero-order valence-corrected chi connectivity index (χ0v) is 33.4. The summed E-state index contributed by atoms with van der Waals surface area (Å²) in [5.41, 5.74) is 24.0. The summed E-state index contributed by atoms with van der Waals surface area (Å²) in [6, 6.07) is 68.6. The lowest BCUT2D eigenvalue weighted by atomic mass is 9.70. The van der Waals surface area contributed by atoms with Crippen LogP contribution in [0.3, 0.4) is 0 Å². The average molecular weight is 754 g/mol. The van der Waals surface area contributed by atoms with Gasteiger partial charge in [0.25, 0.3) is 0 Å². The van der Waals surface area contributed by atoms with Crippen molar-refractivity contribution in [1.29, 1.82) is 0 Å². The number of hydrogen-bond acceptors (Lipinski definition) is 1. The van der Waals surface area contributed by atoms with E-state index in [-0.39, 0.29) is 5.41 Å². The van der Waals surface area contributed by atoms with Crippen LogP contribution in [0.25, 0.3) is 50.1 Å². The number of fused-ring (bicyclic) bond motifs is 13. The second kappa shape index (κ2) is 12.8. The highest BCUT2D eigenvalue weighted by molar-refractivity contribution is 6.04. The van der Waals surface area contributed by atoms with E-state index in [1.807, 2.05) is 0 Å². The van der Waals surface area contributed by atoms with E-state index in [2.05, 4.69) is 219 Å². The Morgan fingerprint density at radius 1 is 0.407 bits per heavy atom. The first-order valence-electron chi connectivity index (χ1n) is 21.1. The number of anilines is 3. The van der Waals surface area contributed by atoms with Crippen molar-refractivity contribution < 1.29 is 0 Å². The Hall–Kier alpha value is -6.96. The van der Waals surface area contributed by atoms with Crippen molar-refractivity contribution in [2.45, 2.75) is 37.5 Å². The van der Waals surface area contributed by atoms with Crippen LogP contribution in [0.4, 0.5) is 17.1 Å². The molecule has 0 amide bonds. The summed E-state index contributed by atoms with van der Waals surface area (Å²) in [7, 11) is 0. The summed E-state index contributed by atoms with van der Waals surface area (Å²) in [4.78, 5) is 2.59. The molecule has 4 aliphatic carbocycles. The molecule has 59 heavy (non-hydrogen) atoms. The van der Waals surface area contributed by atoms with E-state index >= 15 is 0 Å². The standard InChI is InChI=1S/C58H43N/c1-57(2)47-26-13-11-24-45(47)55-53(37-36-42(56(55)57)40-20-7-4-8-21-40)59(41-34-32-39(33-35-41)38-18-5-3-6-19-38)52-31-17-30-51-54(52)46-25-12-16-29-50(46)58(51)48-27-14-9-22-43(48)44-23-10-15-28-49(44)58/h4-5,7-37H,3,6H2,1-2H3. The first-order valence-corrected chi connectivity index (χ1v) is 21.1. The van der Waals surface area contributed by atoms with Crippen LogP contribution in [0.5, 0.6) is 0 Å². The monoisotopic (exact) mass is 753 g/mol. The third-order valence-corrected chi connectivity index (χ3v) is 13.7. The smallest absolute Gasteiger partial charge is 0.0726 e. The molecule has 1 nitrogen and oxygen atoms in total. The second-order valence-corrected chi connectivity index (χ2v) is 17.0. The molecule has 0 bridgehead atoms. The molecule has 1 spiro atoms. The topological polar surface area (TPSA) is 3.24 Å². The van der Waals surface area contributed by atoms with Crippen molar-refractivity contribution in [2.75, 3.05) is 4.90 Å². The molecule has 8 aromatic carbocycles. The van der Waals surface area contributed by atoms with Crippen LogP contribution in [0.2, 0.25) is 0 Å². The van der Waals surface area contributed by atoms with Gasteiger partial charge in [-0.3, -0.25) is 0 Å². The largest absolute Gasteiger partial charge is 0.309 e. The van der Waals surface area contributed by atoms with Crippen molar-refractivity contribution in [2.24, 2.45) is 0 Å². The number of benzene rings is 8. The third-order valence-electron chi connectivity index (χ3n) is 13.7.